The fraction of sp³-hybridized carbons (Fsp3) is 0.520. The molecular formula is C25H29ClFN5O6. The number of nitrogens with one attached hydrogen (secondary N) is 1. The van der Waals surface area contributed by atoms with Crippen LogP contribution in [0.5, 0.6) is 0 Å². The number of amides is 4. The van der Waals surface area contributed by atoms with Gasteiger partial charge in [-0.15, -0.1) is 0 Å². The maximum absolute atomic E-state index is 14.3. The number of Topliss-reactive ketones (excluding diaryl/α,β-unsaturated/α-hetero) is 1. The Morgan fingerprint density at radius 2 is 1.82 bits per heavy atom. The molecule has 2 saturated heterocycles. The standard InChI is InChI=1S/C25H29ClFN5O6/c1-30(2)21(37)22(38)31(3)25-9-7-24(13-33,8-10-25)12-32-20(36)18(34)17(29-23(25)32)19(35)28-11-14-5-4-6-15(26)16(14)27/h4-6,17,33H,7-13H2,1-3H3,(H,28,35). The molecule has 1 aromatic carbocycles. The lowest BCUT2D eigenvalue weighted by atomic mass is 9.68. The Kier molecular flexibility index (Phi) is 7.32. The molecule has 4 aliphatic rings. The van der Waals surface area contributed by atoms with Crippen LogP contribution in [0.3, 0.4) is 0 Å². The van der Waals surface area contributed by atoms with E-state index in [0.717, 1.165) is 9.80 Å². The van der Waals surface area contributed by atoms with Crippen LogP contribution in [-0.2, 0) is 30.5 Å². The summed E-state index contributed by atoms with van der Waals surface area (Å²) in [6, 6.07) is 2.51. The highest BCUT2D eigenvalue weighted by Gasteiger charge is 2.59. The number of nitrogens with zero attached hydrogens (tertiary/aromatic N) is 4. The average molecular weight is 550 g/mol. The van der Waals surface area contributed by atoms with Gasteiger partial charge in [0.05, 0.1) is 11.6 Å². The van der Waals surface area contributed by atoms with Crippen molar-refractivity contribution in [2.45, 2.75) is 43.8 Å². The van der Waals surface area contributed by atoms with Crippen LogP contribution in [0.4, 0.5) is 4.39 Å². The van der Waals surface area contributed by atoms with Gasteiger partial charge in [0.25, 0.3) is 17.6 Å². The zero-order valence-electron chi connectivity index (χ0n) is 21.3. The van der Waals surface area contributed by atoms with Crippen LogP contribution >= 0.6 is 11.6 Å². The Hall–Kier alpha value is -3.38. The molecule has 38 heavy (non-hydrogen) atoms. The molecule has 3 fully saturated rings. The molecule has 5 rings (SSSR count). The summed E-state index contributed by atoms with van der Waals surface area (Å²) < 4.78 is 14.3. The highest BCUT2D eigenvalue weighted by molar-refractivity contribution is 6.46. The second-order valence-corrected chi connectivity index (χ2v) is 10.7. The van der Waals surface area contributed by atoms with Crippen LogP contribution in [-0.4, -0.2) is 101 Å². The SMILES string of the molecule is CN(C)C(=O)C(=O)N(C)C12CCC(CO)(CC1)CN1C(=O)C(=O)C(C(=O)NCc3cccc(Cl)c3F)N=C12. The third-order valence-corrected chi connectivity index (χ3v) is 8.16. The first-order chi connectivity index (χ1) is 17.9. The van der Waals surface area contributed by atoms with Crippen molar-refractivity contribution in [3.8, 4) is 0 Å². The van der Waals surface area contributed by atoms with Gasteiger partial charge in [0.2, 0.25) is 0 Å². The van der Waals surface area contributed by atoms with E-state index in [2.05, 4.69) is 10.3 Å². The summed E-state index contributed by atoms with van der Waals surface area (Å²) in [6.07, 6.45) is 1.32. The predicted octanol–water partition coefficient (Wildman–Crippen LogP) is 0.125. The molecule has 3 aliphatic heterocycles. The molecule has 1 unspecified atom stereocenters. The van der Waals surface area contributed by atoms with Crippen molar-refractivity contribution in [1.29, 1.82) is 0 Å². The normalized spacial score (nSPS) is 26.3. The fourth-order valence-corrected chi connectivity index (χ4v) is 5.58. The van der Waals surface area contributed by atoms with E-state index >= 15 is 0 Å². The number of carbonyl (C=O) groups is 5. The van der Waals surface area contributed by atoms with E-state index in [1.165, 1.54) is 44.2 Å². The van der Waals surface area contributed by atoms with Gasteiger partial charge in [-0.1, -0.05) is 23.7 Å². The number of ketones is 1. The van der Waals surface area contributed by atoms with E-state index in [1.807, 2.05) is 0 Å². The number of fused-ring (bicyclic) bond motifs is 2. The van der Waals surface area contributed by atoms with Gasteiger partial charge in [-0.05, 0) is 31.7 Å². The lowest BCUT2D eigenvalue weighted by Gasteiger charge is -2.47. The van der Waals surface area contributed by atoms with Crippen LogP contribution < -0.4 is 5.32 Å². The second-order valence-electron chi connectivity index (χ2n) is 10.3. The smallest absolute Gasteiger partial charge is 0.312 e. The molecular weight excluding hydrogens is 521 g/mol. The molecule has 11 nitrogen and oxygen atoms in total. The molecule has 2 N–H and O–H groups in total. The fourth-order valence-electron chi connectivity index (χ4n) is 5.39. The highest BCUT2D eigenvalue weighted by atomic mass is 35.5. The number of halogens is 2. The van der Waals surface area contributed by atoms with E-state index < -0.39 is 52.2 Å². The molecule has 2 bridgehead atoms. The van der Waals surface area contributed by atoms with Crippen molar-refractivity contribution in [3.63, 3.8) is 0 Å². The number of rotatable bonds is 5. The summed E-state index contributed by atoms with van der Waals surface area (Å²) in [7, 11) is 4.30. The summed E-state index contributed by atoms with van der Waals surface area (Å²) in [5.74, 6) is -5.30. The molecule has 13 heteroatoms. The Morgan fingerprint density at radius 3 is 2.42 bits per heavy atom. The summed E-state index contributed by atoms with van der Waals surface area (Å²) >= 11 is 5.79. The molecule has 204 valence electrons. The minimum atomic E-state index is -1.76. The summed E-state index contributed by atoms with van der Waals surface area (Å²) in [6.45, 7) is -0.565. The predicted molar refractivity (Wildman–Crippen MR) is 133 cm³/mol. The Labute approximate surface area is 223 Å². The van der Waals surface area contributed by atoms with Crippen LogP contribution in [0.25, 0.3) is 0 Å². The summed E-state index contributed by atoms with van der Waals surface area (Å²) in [5, 5.41) is 12.5. The van der Waals surface area contributed by atoms with Gasteiger partial charge < -0.3 is 20.2 Å². The van der Waals surface area contributed by atoms with Crippen molar-refractivity contribution >= 4 is 46.8 Å². The number of hydrogen-bond donors (Lipinski definition) is 2. The van der Waals surface area contributed by atoms with Crippen LogP contribution in [0, 0.1) is 11.2 Å². The first-order valence-corrected chi connectivity index (χ1v) is 12.5. The first kappa shape index (κ1) is 27.6. The Bertz CT molecular complexity index is 1240. The van der Waals surface area contributed by atoms with Gasteiger partial charge in [0, 0.05) is 45.2 Å². The molecule has 0 aromatic heterocycles. The quantitative estimate of drug-likeness (QED) is 0.395. The number of likely N-dealkylation sites (N-methyl/N-ethyl adjacent to an activating group) is 2. The van der Waals surface area contributed by atoms with Crippen LogP contribution in [0.1, 0.15) is 31.2 Å². The molecule has 1 aromatic rings. The van der Waals surface area contributed by atoms with Crippen molar-refractivity contribution in [1.82, 2.24) is 20.0 Å². The molecule has 1 aliphatic carbocycles. The van der Waals surface area contributed by atoms with Crippen molar-refractivity contribution < 1.29 is 33.5 Å². The lowest BCUT2D eigenvalue weighted by molar-refractivity contribution is -0.152. The summed E-state index contributed by atoms with van der Waals surface area (Å²) in [4.78, 5) is 73.0. The van der Waals surface area contributed by atoms with E-state index in [9.17, 15) is 33.5 Å². The minimum absolute atomic E-state index is 0.0135. The molecule has 1 atom stereocenters. The number of aliphatic hydroxyl groups is 1. The van der Waals surface area contributed by atoms with Gasteiger partial charge in [-0.2, -0.15) is 0 Å². The van der Waals surface area contributed by atoms with Gasteiger partial charge >= 0.3 is 11.8 Å². The zero-order chi connectivity index (χ0) is 28.0. The van der Waals surface area contributed by atoms with Gasteiger partial charge in [0.1, 0.15) is 17.2 Å². The number of amidine groups is 1. The number of carbonyl (C=O) groups excluding carboxylic acids is 5. The Balaban J connectivity index is 1.73. The van der Waals surface area contributed by atoms with Gasteiger partial charge in [-0.3, -0.25) is 28.9 Å². The first-order valence-electron chi connectivity index (χ1n) is 12.1. The summed E-state index contributed by atoms with van der Waals surface area (Å²) in [5.41, 5.74) is -1.89. The molecule has 0 radical (unpaired) electrons. The molecule has 3 heterocycles. The zero-order valence-corrected chi connectivity index (χ0v) is 22.0. The van der Waals surface area contributed by atoms with Gasteiger partial charge in [-0.25, -0.2) is 9.38 Å². The lowest BCUT2D eigenvalue weighted by Crippen LogP contribution is -2.65. The number of aliphatic imine (C=N–C) groups is 1. The molecule has 4 amide bonds. The number of benzene rings is 1. The monoisotopic (exact) mass is 549 g/mol. The third-order valence-electron chi connectivity index (χ3n) is 7.86. The Morgan fingerprint density at radius 1 is 1.16 bits per heavy atom. The molecule has 1 saturated carbocycles. The van der Waals surface area contributed by atoms with Crippen molar-refractivity contribution in [2.75, 3.05) is 34.3 Å². The second kappa shape index (κ2) is 10.1. The van der Waals surface area contributed by atoms with Crippen molar-refractivity contribution in [2.24, 2.45) is 10.4 Å². The maximum Gasteiger partial charge on any atom is 0.312 e. The van der Waals surface area contributed by atoms with E-state index in [0.29, 0.717) is 12.8 Å². The van der Waals surface area contributed by atoms with Crippen LogP contribution in [0.15, 0.2) is 23.2 Å². The maximum atomic E-state index is 14.3. The van der Waals surface area contributed by atoms with E-state index in [1.54, 1.807) is 0 Å². The van der Waals surface area contributed by atoms with Crippen molar-refractivity contribution in [3.05, 3.63) is 34.6 Å². The van der Waals surface area contributed by atoms with Crippen LogP contribution in [0.2, 0.25) is 5.02 Å². The minimum Gasteiger partial charge on any atom is -0.396 e. The highest BCUT2D eigenvalue weighted by Crippen LogP contribution is 2.49. The third kappa shape index (κ3) is 4.45. The topological polar surface area (TPSA) is 140 Å². The van der Waals surface area contributed by atoms with Gasteiger partial charge in [0.15, 0.2) is 6.04 Å². The molecule has 0 spiro atoms. The van der Waals surface area contributed by atoms with E-state index in [4.69, 9.17) is 11.6 Å². The number of hydrogen-bond acceptors (Lipinski definition) is 7. The van der Waals surface area contributed by atoms with E-state index in [-0.39, 0.29) is 49.0 Å². The average Bonchev–Trinajstić information content (AvgIpc) is 3.14. The largest absolute Gasteiger partial charge is 0.396 e. The number of aliphatic hydroxyl groups excluding tert-OH is 1.